The Bertz CT molecular complexity index is 613. The number of rotatable bonds is 2. The van der Waals surface area contributed by atoms with Crippen molar-refractivity contribution in [3.8, 4) is 6.07 Å². The minimum absolute atomic E-state index is 0.189. The third-order valence-corrected chi connectivity index (χ3v) is 3.75. The molecule has 0 spiro atoms. The van der Waals surface area contributed by atoms with E-state index in [1.165, 1.54) is 12.8 Å². The first kappa shape index (κ1) is 15.1. The molecule has 0 aromatic heterocycles. The van der Waals surface area contributed by atoms with Crippen molar-refractivity contribution >= 4 is 11.6 Å². The summed E-state index contributed by atoms with van der Waals surface area (Å²) in [4.78, 5) is 12.1. The number of allylic oxidation sites excluding steroid dienone is 1. The van der Waals surface area contributed by atoms with E-state index in [1.54, 1.807) is 6.07 Å². The molecular weight excluding hydrogens is 262 g/mol. The van der Waals surface area contributed by atoms with Crippen LogP contribution in [0, 0.1) is 18.3 Å². The van der Waals surface area contributed by atoms with Gasteiger partial charge in [-0.15, -0.1) is 10.2 Å². The van der Waals surface area contributed by atoms with E-state index in [-0.39, 0.29) is 5.57 Å². The zero-order valence-corrected chi connectivity index (χ0v) is 12.3. The highest BCUT2D eigenvalue weighted by molar-refractivity contribution is 5.98. The van der Waals surface area contributed by atoms with Crippen molar-refractivity contribution in [1.29, 1.82) is 5.26 Å². The van der Waals surface area contributed by atoms with Crippen molar-refractivity contribution in [3.05, 3.63) is 41.0 Å². The maximum absolute atomic E-state index is 12.1. The summed E-state index contributed by atoms with van der Waals surface area (Å²) in [6.45, 7) is 1.91. The van der Waals surface area contributed by atoms with Crippen LogP contribution in [0.1, 0.15) is 44.1 Å². The van der Waals surface area contributed by atoms with Gasteiger partial charge < -0.3 is 0 Å². The molecule has 0 N–H and O–H groups in total. The molecule has 0 bridgehead atoms. The molecule has 1 aliphatic carbocycles. The number of amides is 1. The van der Waals surface area contributed by atoms with Crippen molar-refractivity contribution < 1.29 is 4.79 Å². The Balaban J connectivity index is 2.19. The zero-order chi connectivity index (χ0) is 15.1. The highest BCUT2D eigenvalue weighted by atomic mass is 16.1. The molecule has 1 aliphatic rings. The van der Waals surface area contributed by atoms with E-state index in [9.17, 15) is 10.1 Å². The van der Waals surface area contributed by atoms with Crippen LogP contribution in [0.2, 0.25) is 0 Å². The molecule has 0 atom stereocenters. The third-order valence-electron chi connectivity index (χ3n) is 3.75. The molecule has 108 valence electrons. The first-order valence-electron chi connectivity index (χ1n) is 7.36. The van der Waals surface area contributed by atoms with E-state index in [2.05, 4.69) is 10.2 Å². The Labute approximate surface area is 125 Å². The van der Waals surface area contributed by atoms with Gasteiger partial charge in [0.1, 0.15) is 11.6 Å². The molecule has 1 aromatic carbocycles. The van der Waals surface area contributed by atoms with Gasteiger partial charge in [0.2, 0.25) is 0 Å². The summed E-state index contributed by atoms with van der Waals surface area (Å²) in [7, 11) is 0. The molecule has 2 rings (SSSR count). The summed E-state index contributed by atoms with van der Waals surface area (Å²) in [6.07, 6.45) is 6.08. The van der Waals surface area contributed by atoms with Gasteiger partial charge in [-0.25, -0.2) is 0 Å². The Morgan fingerprint density at radius 2 is 1.81 bits per heavy atom. The van der Waals surface area contributed by atoms with Gasteiger partial charge in [0.15, 0.2) is 0 Å². The molecule has 0 aliphatic heterocycles. The highest BCUT2D eigenvalue weighted by Crippen LogP contribution is 2.26. The van der Waals surface area contributed by atoms with Gasteiger partial charge in [0.25, 0.3) is 0 Å². The fourth-order valence-electron chi connectivity index (χ4n) is 2.51. The normalized spacial score (nSPS) is 15.5. The second kappa shape index (κ2) is 7.49. The van der Waals surface area contributed by atoms with Crippen LogP contribution in [0.5, 0.6) is 0 Å². The monoisotopic (exact) mass is 281 g/mol. The van der Waals surface area contributed by atoms with Crippen molar-refractivity contribution in [2.24, 2.45) is 10.2 Å². The average molecular weight is 281 g/mol. The number of nitrogens with zero attached hydrogens (tertiary/aromatic N) is 3. The van der Waals surface area contributed by atoms with E-state index in [0.29, 0.717) is 5.69 Å². The average Bonchev–Trinajstić information content (AvgIpc) is 2.76. The zero-order valence-electron chi connectivity index (χ0n) is 12.3. The van der Waals surface area contributed by atoms with Crippen molar-refractivity contribution in [2.75, 3.05) is 0 Å². The van der Waals surface area contributed by atoms with Crippen molar-refractivity contribution in [1.82, 2.24) is 0 Å². The molecule has 1 aromatic rings. The highest BCUT2D eigenvalue weighted by Gasteiger charge is 2.16. The molecule has 4 heteroatoms. The minimum atomic E-state index is -0.516. The molecule has 4 nitrogen and oxygen atoms in total. The second-order valence-electron chi connectivity index (χ2n) is 5.30. The van der Waals surface area contributed by atoms with Crippen molar-refractivity contribution in [2.45, 2.75) is 45.4 Å². The number of carbonyl (C=O) groups excluding carboxylic acids is 1. The van der Waals surface area contributed by atoms with Gasteiger partial charge in [-0.3, -0.25) is 4.79 Å². The third kappa shape index (κ3) is 4.09. The number of azo groups is 1. The number of carbonyl (C=O) groups is 1. The number of nitriles is 1. The Morgan fingerprint density at radius 1 is 1.14 bits per heavy atom. The lowest BCUT2D eigenvalue weighted by Gasteiger charge is -2.03. The summed E-state index contributed by atoms with van der Waals surface area (Å²) in [5.41, 5.74) is 2.75. The number of hydrogen-bond donors (Lipinski definition) is 0. The van der Waals surface area contributed by atoms with Crippen LogP contribution in [0.15, 0.2) is 45.6 Å². The summed E-state index contributed by atoms with van der Waals surface area (Å²) >= 11 is 0. The van der Waals surface area contributed by atoms with Gasteiger partial charge in [-0.2, -0.15) is 5.26 Å². The summed E-state index contributed by atoms with van der Waals surface area (Å²) in [6, 6.07) is 9.49. The van der Waals surface area contributed by atoms with Crippen LogP contribution in [-0.2, 0) is 4.79 Å². The van der Waals surface area contributed by atoms with E-state index >= 15 is 0 Å². The molecule has 0 heterocycles. The van der Waals surface area contributed by atoms with Crippen molar-refractivity contribution in [3.63, 3.8) is 0 Å². The van der Waals surface area contributed by atoms with Crippen LogP contribution in [0.4, 0.5) is 5.69 Å². The maximum Gasteiger partial charge on any atom is 0.305 e. The fraction of sp³-hybridized carbons (Fsp3) is 0.412. The van der Waals surface area contributed by atoms with Crippen LogP contribution >= 0.6 is 0 Å². The molecule has 0 saturated heterocycles. The molecule has 1 amide bonds. The number of benzene rings is 1. The largest absolute Gasteiger partial charge is 0.305 e. The lowest BCUT2D eigenvalue weighted by Crippen LogP contribution is -2.01. The summed E-state index contributed by atoms with van der Waals surface area (Å²) in [5, 5.41) is 17.0. The van der Waals surface area contributed by atoms with Crippen LogP contribution in [-0.4, -0.2) is 5.91 Å². The standard InChI is InChI=1S/C17H19N3O/c1-13-8-6-7-11-16(13)19-20-17(21)15(12-18)14-9-4-2-3-5-10-14/h6-8,11H,2-5,9-10H2,1H3. The maximum atomic E-state index is 12.1. The van der Waals surface area contributed by atoms with E-state index < -0.39 is 5.91 Å². The van der Waals surface area contributed by atoms with Gasteiger partial charge in [0, 0.05) is 0 Å². The Kier molecular flexibility index (Phi) is 5.39. The molecule has 0 unspecified atom stereocenters. The smallest absolute Gasteiger partial charge is 0.264 e. The van der Waals surface area contributed by atoms with Gasteiger partial charge in [0.05, 0.1) is 5.69 Å². The number of hydrogen-bond acceptors (Lipinski definition) is 3. The summed E-state index contributed by atoms with van der Waals surface area (Å²) in [5.74, 6) is -0.516. The van der Waals surface area contributed by atoms with Crippen LogP contribution < -0.4 is 0 Å². The van der Waals surface area contributed by atoms with E-state index in [4.69, 9.17) is 0 Å². The van der Waals surface area contributed by atoms with Crippen LogP contribution in [0.3, 0.4) is 0 Å². The topological polar surface area (TPSA) is 65.6 Å². The molecule has 21 heavy (non-hydrogen) atoms. The molecular formula is C17H19N3O. The first-order valence-corrected chi connectivity index (χ1v) is 7.36. The van der Waals surface area contributed by atoms with E-state index in [0.717, 1.165) is 36.8 Å². The predicted molar refractivity (Wildman–Crippen MR) is 81.0 cm³/mol. The fourth-order valence-corrected chi connectivity index (χ4v) is 2.51. The predicted octanol–water partition coefficient (Wildman–Crippen LogP) is 4.78. The minimum Gasteiger partial charge on any atom is -0.264 e. The van der Waals surface area contributed by atoms with E-state index in [1.807, 2.05) is 31.2 Å². The summed E-state index contributed by atoms with van der Waals surface area (Å²) < 4.78 is 0. The first-order chi connectivity index (χ1) is 10.2. The Morgan fingerprint density at radius 3 is 2.43 bits per heavy atom. The SMILES string of the molecule is Cc1ccccc1N=NC(=O)C(C#N)=C1CCCCCC1. The molecule has 0 radical (unpaired) electrons. The quantitative estimate of drug-likeness (QED) is 0.339. The Hall–Kier alpha value is -2.28. The lowest BCUT2D eigenvalue weighted by molar-refractivity contribution is -0.114. The van der Waals surface area contributed by atoms with Gasteiger partial charge in [-0.05, 0) is 49.8 Å². The molecule has 1 saturated carbocycles. The van der Waals surface area contributed by atoms with Gasteiger partial charge >= 0.3 is 5.91 Å². The van der Waals surface area contributed by atoms with Crippen LogP contribution in [0.25, 0.3) is 0 Å². The van der Waals surface area contributed by atoms with Gasteiger partial charge in [-0.1, -0.05) is 31.0 Å². The lowest BCUT2D eigenvalue weighted by atomic mass is 10.0. The number of aryl methyl sites for hydroxylation is 1. The molecule has 1 fully saturated rings. The second-order valence-corrected chi connectivity index (χ2v) is 5.30.